The van der Waals surface area contributed by atoms with Crippen molar-refractivity contribution in [1.29, 1.82) is 0 Å². The zero-order valence-corrected chi connectivity index (χ0v) is 12.3. The Morgan fingerprint density at radius 1 is 1.68 bits per heavy atom. The molecule has 0 saturated carbocycles. The van der Waals surface area contributed by atoms with Gasteiger partial charge in [0.2, 0.25) is 0 Å². The van der Waals surface area contributed by atoms with Crippen LogP contribution in [0.1, 0.15) is 24.0 Å². The highest BCUT2D eigenvalue weighted by atomic mass is 32.1. The van der Waals surface area contributed by atoms with Gasteiger partial charge < -0.3 is 15.0 Å². The van der Waals surface area contributed by atoms with Crippen LogP contribution in [0.15, 0.2) is 5.38 Å². The van der Waals surface area contributed by atoms with E-state index in [1.807, 2.05) is 24.1 Å². The molecule has 5 nitrogen and oxygen atoms in total. The molecule has 1 saturated heterocycles. The van der Waals surface area contributed by atoms with Crippen LogP contribution in [0.25, 0.3) is 0 Å². The molecule has 0 aliphatic carbocycles. The maximum Gasteiger partial charge on any atom is 0.317 e. The van der Waals surface area contributed by atoms with Gasteiger partial charge in [-0.05, 0) is 20.3 Å². The van der Waals surface area contributed by atoms with E-state index in [0.29, 0.717) is 12.5 Å². The fourth-order valence-electron chi connectivity index (χ4n) is 2.16. The number of carbonyl (C=O) groups excluding carboxylic acids is 1. The number of aryl methyl sites for hydroxylation is 1. The molecule has 2 rings (SSSR count). The van der Waals surface area contributed by atoms with Gasteiger partial charge in [-0.15, -0.1) is 11.3 Å². The van der Waals surface area contributed by atoms with Crippen LogP contribution in [0.3, 0.4) is 0 Å². The number of carbonyl (C=O) groups is 1. The average Bonchev–Trinajstić information content (AvgIpc) is 3.04. The first kappa shape index (κ1) is 14.3. The number of urea groups is 1. The molecular weight excluding hydrogens is 262 g/mol. The van der Waals surface area contributed by atoms with Crippen LogP contribution in [-0.4, -0.2) is 42.2 Å². The van der Waals surface area contributed by atoms with Crippen molar-refractivity contribution >= 4 is 17.4 Å². The van der Waals surface area contributed by atoms with Crippen molar-refractivity contribution < 1.29 is 9.53 Å². The highest BCUT2D eigenvalue weighted by Gasteiger charge is 2.21. The van der Waals surface area contributed by atoms with E-state index >= 15 is 0 Å². The van der Waals surface area contributed by atoms with Gasteiger partial charge in [0, 0.05) is 31.0 Å². The van der Waals surface area contributed by atoms with E-state index in [4.69, 9.17) is 4.74 Å². The summed E-state index contributed by atoms with van der Waals surface area (Å²) in [7, 11) is 0. The second-order valence-corrected chi connectivity index (χ2v) is 5.85. The van der Waals surface area contributed by atoms with Crippen LogP contribution < -0.4 is 5.32 Å². The Morgan fingerprint density at radius 3 is 3.11 bits per heavy atom. The number of amides is 2. The fourth-order valence-corrected chi connectivity index (χ4v) is 2.77. The summed E-state index contributed by atoms with van der Waals surface area (Å²) < 4.78 is 5.35. The summed E-state index contributed by atoms with van der Waals surface area (Å²) in [5, 5.41) is 5.94. The number of thiazole rings is 1. The van der Waals surface area contributed by atoms with Crippen molar-refractivity contribution in [3.05, 3.63) is 16.1 Å². The van der Waals surface area contributed by atoms with Gasteiger partial charge >= 0.3 is 6.03 Å². The second-order valence-electron chi connectivity index (χ2n) is 4.78. The summed E-state index contributed by atoms with van der Waals surface area (Å²) in [6.45, 7) is 7.56. The molecule has 19 heavy (non-hydrogen) atoms. The van der Waals surface area contributed by atoms with Gasteiger partial charge in [-0.25, -0.2) is 9.78 Å². The van der Waals surface area contributed by atoms with E-state index in [0.717, 1.165) is 43.4 Å². The monoisotopic (exact) mass is 283 g/mol. The van der Waals surface area contributed by atoms with Crippen LogP contribution in [0.5, 0.6) is 0 Å². The minimum Gasteiger partial charge on any atom is -0.381 e. The first-order chi connectivity index (χ1) is 9.19. The van der Waals surface area contributed by atoms with Crippen molar-refractivity contribution in [3.63, 3.8) is 0 Å². The summed E-state index contributed by atoms with van der Waals surface area (Å²) >= 11 is 1.60. The summed E-state index contributed by atoms with van der Waals surface area (Å²) in [4.78, 5) is 18.3. The molecule has 0 aromatic carbocycles. The topological polar surface area (TPSA) is 54.5 Å². The first-order valence-electron chi connectivity index (χ1n) is 6.70. The van der Waals surface area contributed by atoms with Gasteiger partial charge in [-0.3, -0.25) is 0 Å². The molecule has 2 heterocycles. The number of hydrogen-bond acceptors (Lipinski definition) is 4. The number of aromatic nitrogens is 1. The van der Waals surface area contributed by atoms with E-state index in [1.165, 1.54) is 0 Å². The van der Waals surface area contributed by atoms with Crippen molar-refractivity contribution in [3.8, 4) is 0 Å². The molecule has 106 valence electrons. The molecule has 1 aromatic heterocycles. The quantitative estimate of drug-likeness (QED) is 0.899. The molecule has 1 aliphatic heterocycles. The number of rotatable bonds is 5. The minimum absolute atomic E-state index is 0.0138. The molecule has 2 amide bonds. The molecule has 1 fully saturated rings. The van der Waals surface area contributed by atoms with Crippen molar-refractivity contribution in [2.75, 3.05) is 26.3 Å². The maximum atomic E-state index is 12.1. The third kappa shape index (κ3) is 4.18. The summed E-state index contributed by atoms with van der Waals surface area (Å²) in [5.74, 6) is 0.479. The van der Waals surface area contributed by atoms with Gasteiger partial charge in [0.25, 0.3) is 0 Å². The highest BCUT2D eigenvalue weighted by Crippen LogP contribution is 2.14. The third-order valence-corrected chi connectivity index (χ3v) is 4.08. The average molecular weight is 283 g/mol. The van der Waals surface area contributed by atoms with Crippen molar-refractivity contribution in [2.24, 2.45) is 5.92 Å². The van der Waals surface area contributed by atoms with Gasteiger partial charge in [0.1, 0.15) is 0 Å². The standard InChI is InChI=1S/C13H21N3O2S/c1-3-16(7-11-4-5-18-8-11)13(17)14-6-12-9-19-10(2)15-12/h9,11H,3-8H2,1-2H3,(H,14,17)/t11-/m0/s1. The number of nitrogens with one attached hydrogen (secondary N) is 1. The Balaban J connectivity index is 1.79. The molecule has 1 atom stereocenters. The highest BCUT2D eigenvalue weighted by molar-refractivity contribution is 7.09. The lowest BCUT2D eigenvalue weighted by Crippen LogP contribution is -2.42. The van der Waals surface area contributed by atoms with Crippen molar-refractivity contribution in [2.45, 2.75) is 26.8 Å². The van der Waals surface area contributed by atoms with E-state index in [1.54, 1.807) is 11.3 Å². The Labute approximate surface area is 118 Å². The van der Waals surface area contributed by atoms with Crippen molar-refractivity contribution in [1.82, 2.24) is 15.2 Å². The van der Waals surface area contributed by atoms with E-state index in [2.05, 4.69) is 10.3 Å². The van der Waals surface area contributed by atoms with Crippen LogP contribution >= 0.6 is 11.3 Å². The fraction of sp³-hybridized carbons (Fsp3) is 0.692. The van der Waals surface area contributed by atoms with E-state index in [-0.39, 0.29) is 6.03 Å². The molecule has 0 unspecified atom stereocenters. The van der Waals surface area contributed by atoms with Gasteiger partial charge in [-0.1, -0.05) is 0 Å². The maximum absolute atomic E-state index is 12.1. The molecule has 0 spiro atoms. The molecule has 6 heteroatoms. The smallest absolute Gasteiger partial charge is 0.317 e. The Hall–Kier alpha value is -1.14. The molecule has 1 aromatic rings. The normalized spacial score (nSPS) is 18.5. The minimum atomic E-state index is -0.0138. The molecule has 0 bridgehead atoms. The van der Waals surface area contributed by atoms with Crippen LogP contribution in [0.2, 0.25) is 0 Å². The lowest BCUT2D eigenvalue weighted by atomic mass is 10.1. The SMILES string of the molecule is CCN(C[C@@H]1CCOC1)C(=O)NCc1csc(C)n1. The molecule has 1 N–H and O–H groups in total. The number of hydrogen-bond donors (Lipinski definition) is 1. The van der Waals surface area contributed by atoms with E-state index < -0.39 is 0 Å². The Bertz CT molecular complexity index is 416. The van der Waals surface area contributed by atoms with Gasteiger partial charge in [0.15, 0.2) is 0 Å². The number of nitrogens with zero attached hydrogens (tertiary/aromatic N) is 2. The second kappa shape index (κ2) is 6.86. The molecular formula is C13H21N3O2S. The van der Waals surface area contributed by atoms with Crippen LogP contribution in [-0.2, 0) is 11.3 Å². The molecule has 0 radical (unpaired) electrons. The van der Waals surface area contributed by atoms with Crippen LogP contribution in [0, 0.1) is 12.8 Å². The number of ether oxygens (including phenoxy) is 1. The first-order valence-corrected chi connectivity index (χ1v) is 7.58. The zero-order valence-electron chi connectivity index (χ0n) is 11.5. The lowest BCUT2D eigenvalue weighted by molar-refractivity contribution is 0.166. The van der Waals surface area contributed by atoms with Crippen LogP contribution in [0.4, 0.5) is 4.79 Å². The van der Waals surface area contributed by atoms with Gasteiger partial charge in [-0.2, -0.15) is 0 Å². The molecule has 1 aliphatic rings. The summed E-state index contributed by atoms with van der Waals surface area (Å²) in [6.07, 6.45) is 1.05. The Kier molecular flexibility index (Phi) is 5.15. The summed E-state index contributed by atoms with van der Waals surface area (Å²) in [5.41, 5.74) is 0.927. The lowest BCUT2D eigenvalue weighted by Gasteiger charge is -2.23. The predicted molar refractivity (Wildman–Crippen MR) is 75.3 cm³/mol. The van der Waals surface area contributed by atoms with Gasteiger partial charge in [0.05, 0.1) is 23.9 Å². The van der Waals surface area contributed by atoms with E-state index in [9.17, 15) is 4.79 Å². The Morgan fingerprint density at radius 2 is 2.53 bits per heavy atom. The zero-order chi connectivity index (χ0) is 13.7. The third-order valence-electron chi connectivity index (χ3n) is 3.26. The predicted octanol–water partition coefficient (Wildman–Crippen LogP) is 2.02. The summed E-state index contributed by atoms with van der Waals surface area (Å²) in [6, 6.07) is -0.0138. The largest absolute Gasteiger partial charge is 0.381 e.